The van der Waals surface area contributed by atoms with Crippen molar-refractivity contribution in [2.45, 2.75) is 69.3 Å². The Kier molecular flexibility index (Phi) is 7.21. The highest BCUT2D eigenvalue weighted by atomic mass is 35.5. The number of carbonyl (C=O) groups is 2. The van der Waals surface area contributed by atoms with Gasteiger partial charge in [-0.2, -0.15) is 5.10 Å². The standard InChI is InChI=1S/C28H35ClN3O3/c29-26-11-10-23(30-31-26)18-24(33)19-32-16-12-21(13-17-32)25(20-32)35-27(34)28(14-6-1-2-7-15-28)22-8-4-3-5-9-22/h3-5,8-11,21,25H,1-2,6-7,12-20H2/q+1/t21?,25-,32?/m0/s1. The SMILES string of the molecule is O=C(Cc1ccc(Cl)nn1)C[N+]12CCC(CC1)[C@@H](OC(=O)C1(c3ccccc3)CCCCCC1)C2. The molecular weight excluding hydrogens is 462 g/mol. The molecule has 2 aromatic rings. The summed E-state index contributed by atoms with van der Waals surface area (Å²) in [6.45, 7) is 3.13. The first kappa shape index (κ1) is 24.4. The van der Waals surface area contributed by atoms with E-state index in [1.165, 1.54) is 12.8 Å². The molecule has 2 bridgehead atoms. The van der Waals surface area contributed by atoms with Crippen LogP contribution in [0.4, 0.5) is 0 Å². The number of rotatable bonds is 7. The number of quaternary nitrogens is 1. The molecule has 4 heterocycles. The van der Waals surface area contributed by atoms with Crippen LogP contribution in [0.15, 0.2) is 42.5 Å². The molecule has 0 amide bonds. The molecule has 4 fully saturated rings. The van der Waals surface area contributed by atoms with Crippen LogP contribution in [0.1, 0.15) is 62.6 Å². The maximum Gasteiger partial charge on any atom is 0.317 e. The lowest BCUT2D eigenvalue weighted by Crippen LogP contribution is -2.66. The molecule has 1 saturated carbocycles. The fourth-order valence-electron chi connectivity index (χ4n) is 6.60. The molecule has 0 unspecified atom stereocenters. The van der Waals surface area contributed by atoms with Gasteiger partial charge in [-0.05, 0) is 30.5 Å². The predicted molar refractivity (Wildman–Crippen MR) is 134 cm³/mol. The molecule has 1 atom stereocenters. The summed E-state index contributed by atoms with van der Waals surface area (Å²) in [6, 6.07) is 13.7. The monoisotopic (exact) mass is 496 g/mol. The minimum absolute atomic E-state index is 0.0507. The van der Waals surface area contributed by atoms with Crippen LogP contribution in [0.5, 0.6) is 0 Å². The summed E-state index contributed by atoms with van der Waals surface area (Å²) in [5.74, 6) is 0.497. The van der Waals surface area contributed by atoms with E-state index in [9.17, 15) is 9.59 Å². The van der Waals surface area contributed by atoms with Gasteiger partial charge in [0.25, 0.3) is 0 Å². The third kappa shape index (κ3) is 5.29. The van der Waals surface area contributed by atoms with Gasteiger partial charge in [-0.15, -0.1) is 5.10 Å². The van der Waals surface area contributed by atoms with E-state index >= 15 is 0 Å². The molecule has 0 radical (unpaired) electrons. The number of Topliss-reactive ketones (excluding diaryl/α,β-unsaturated/α-hetero) is 1. The van der Waals surface area contributed by atoms with E-state index in [0.29, 0.717) is 27.8 Å². The largest absolute Gasteiger partial charge is 0.455 e. The van der Waals surface area contributed by atoms with Crippen molar-refractivity contribution in [2.75, 3.05) is 26.2 Å². The number of carbonyl (C=O) groups excluding carboxylic acids is 2. The summed E-state index contributed by atoms with van der Waals surface area (Å²) < 4.78 is 7.13. The minimum atomic E-state index is -0.544. The van der Waals surface area contributed by atoms with Crippen LogP contribution in [-0.2, 0) is 26.2 Å². The highest BCUT2D eigenvalue weighted by Gasteiger charge is 2.50. The van der Waals surface area contributed by atoms with Gasteiger partial charge in [0.05, 0.1) is 30.6 Å². The number of esters is 1. The van der Waals surface area contributed by atoms with Crippen LogP contribution < -0.4 is 0 Å². The fourth-order valence-corrected chi connectivity index (χ4v) is 6.70. The summed E-state index contributed by atoms with van der Waals surface area (Å²) in [5, 5.41) is 8.22. The summed E-state index contributed by atoms with van der Waals surface area (Å²) in [5.41, 5.74) is 1.19. The molecule has 0 N–H and O–H groups in total. The lowest BCUT2D eigenvalue weighted by molar-refractivity contribution is -0.939. The van der Waals surface area contributed by atoms with E-state index < -0.39 is 5.41 Å². The molecule has 186 valence electrons. The summed E-state index contributed by atoms with van der Waals surface area (Å²) >= 11 is 5.82. The smallest absolute Gasteiger partial charge is 0.317 e. The molecule has 1 aromatic heterocycles. The summed E-state index contributed by atoms with van der Waals surface area (Å²) in [7, 11) is 0. The Labute approximate surface area is 212 Å². The van der Waals surface area contributed by atoms with Gasteiger partial charge < -0.3 is 9.22 Å². The Bertz CT molecular complexity index is 1030. The van der Waals surface area contributed by atoms with Crippen molar-refractivity contribution in [1.29, 1.82) is 0 Å². The molecule has 3 saturated heterocycles. The molecule has 4 aliphatic rings. The normalized spacial score (nSPS) is 27.7. The number of nitrogens with zero attached hydrogens (tertiary/aromatic N) is 3. The molecule has 7 heteroatoms. The van der Waals surface area contributed by atoms with E-state index in [1.807, 2.05) is 18.2 Å². The molecule has 35 heavy (non-hydrogen) atoms. The van der Waals surface area contributed by atoms with E-state index in [-0.39, 0.29) is 24.3 Å². The van der Waals surface area contributed by atoms with Gasteiger partial charge in [-0.25, -0.2) is 0 Å². The third-order valence-corrected chi connectivity index (χ3v) is 8.75. The number of aromatic nitrogens is 2. The van der Waals surface area contributed by atoms with Gasteiger partial charge in [0.2, 0.25) is 0 Å². The number of ketones is 1. The second-order valence-corrected chi connectivity index (χ2v) is 11.2. The Morgan fingerprint density at radius 3 is 2.34 bits per heavy atom. The van der Waals surface area contributed by atoms with Gasteiger partial charge in [-0.3, -0.25) is 9.59 Å². The lowest BCUT2D eigenvalue weighted by Gasteiger charge is -2.52. The quantitative estimate of drug-likeness (QED) is 0.316. The number of ether oxygens (including phenoxy) is 1. The number of benzene rings is 1. The van der Waals surface area contributed by atoms with Crippen LogP contribution >= 0.6 is 11.6 Å². The first-order valence-corrected chi connectivity index (χ1v) is 13.5. The number of hydrogen-bond donors (Lipinski definition) is 0. The average Bonchev–Trinajstić information content (AvgIpc) is 3.14. The van der Waals surface area contributed by atoms with Gasteiger partial charge in [0.1, 0.15) is 13.1 Å². The number of halogens is 1. The van der Waals surface area contributed by atoms with Gasteiger partial charge in [0.15, 0.2) is 17.0 Å². The zero-order valence-corrected chi connectivity index (χ0v) is 21.1. The molecular formula is C28H35ClN3O3+. The first-order chi connectivity index (χ1) is 17.0. The molecule has 6 rings (SSSR count). The highest BCUT2D eigenvalue weighted by Crippen LogP contribution is 2.42. The zero-order valence-electron chi connectivity index (χ0n) is 20.3. The van der Waals surface area contributed by atoms with Gasteiger partial charge in [0, 0.05) is 18.8 Å². The highest BCUT2D eigenvalue weighted by molar-refractivity contribution is 6.29. The molecule has 1 aromatic carbocycles. The zero-order chi connectivity index (χ0) is 24.3. The first-order valence-electron chi connectivity index (χ1n) is 13.1. The van der Waals surface area contributed by atoms with Gasteiger partial charge >= 0.3 is 5.97 Å². The molecule has 6 nitrogen and oxygen atoms in total. The molecule has 0 spiro atoms. The van der Waals surface area contributed by atoms with Crippen LogP contribution in [-0.4, -0.2) is 58.7 Å². The molecule has 1 aliphatic carbocycles. The van der Waals surface area contributed by atoms with Crippen molar-refractivity contribution in [3.05, 3.63) is 58.9 Å². The Morgan fingerprint density at radius 2 is 1.69 bits per heavy atom. The predicted octanol–water partition coefficient (Wildman–Crippen LogP) is 4.69. The van der Waals surface area contributed by atoms with E-state index in [1.54, 1.807) is 12.1 Å². The Morgan fingerprint density at radius 1 is 0.971 bits per heavy atom. The summed E-state index contributed by atoms with van der Waals surface area (Å²) in [4.78, 5) is 26.9. The number of piperidine rings is 3. The Balaban J connectivity index is 1.29. The van der Waals surface area contributed by atoms with Crippen molar-refractivity contribution in [1.82, 2.24) is 10.2 Å². The summed E-state index contributed by atoms with van der Waals surface area (Å²) in [6.07, 6.45) is 8.32. The van der Waals surface area contributed by atoms with Crippen molar-refractivity contribution in [2.24, 2.45) is 5.92 Å². The van der Waals surface area contributed by atoms with Crippen molar-refractivity contribution in [3.8, 4) is 0 Å². The topological polar surface area (TPSA) is 69.2 Å². The fraction of sp³-hybridized carbons (Fsp3) is 0.571. The maximum absolute atomic E-state index is 13.9. The van der Waals surface area contributed by atoms with Crippen LogP contribution in [0.3, 0.4) is 0 Å². The van der Waals surface area contributed by atoms with Crippen molar-refractivity contribution < 1.29 is 18.8 Å². The van der Waals surface area contributed by atoms with E-state index in [4.69, 9.17) is 16.3 Å². The number of fused-ring (bicyclic) bond motifs is 3. The van der Waals surface area contributed by atoms with Crippen LogP contribution in [0.2, 0.25) is 5.15 Å². The van der Waals surface area contributed by atoms with Crippen molar-refractivity contribution >= 4 is 23.4 Å². The second-order valence-electron chi connectivity index (χ2n) is 10.8. The molecule has 3 aliphatic heterocycles. The third-order valence-electron chi connectivity index (χ3n) is 8.55. The van der Waals surface area contributed by atoms with Gasteiger partial charge in [-0.1, -0.05) is 67.6 Å². The van der Waals surface area contributed by atoms with Crippen LogP contribution in [0, 0.1) is 5.92 Å². The lowest BCUT2D eigenvalue weighted by atomic mass is 9.74. The van der Waals surface area contributed by atoms with E-state index in [2.05, 4.69) is 22.3 Å². The van der Waals surface area contributed by atoms with Crippen molar-refractivity contribution in [3.63, 3.8) is 0 Å². The van der Waals surface area contributed by atoms with Crippen LogP contribution in [0.25, 0.3) is 0 Å². The second kappa shape index (κ2) is 10.4. The van der Waals surface area contributed by atoms with E-state index in [0.717, 1.165) is 63.7 Å². The maximum atomic E-state index is 13.9. The number of hydrogen-bond acceptors (Lipinski definition) is 5. The average molecular weight is 497 g/mol. The minimum Gasteiger partial charge on any atom is -0.455 e. The Hall–Kier alpha value is -2.31.